The molecule has 3 rings (SSSR count). The van der Waals surface area contributed by atoms with Gasteiger partial charge in [-0.2, -0.15) is 0 Å². The number of nitro groups is 1. The lowest BCUT2D eigenvalue weighted by molar-refractivity contribution is -0.384. The van der Waals surface area contributed by atoms with Gasteiger partial charge >= 0.3 is 5.97 Å². The lowest BCUT2D eigenvalue weighted by atomic mass is 10.1. The Kier molecular flexibility index (Phi) is 4.65. The second-order valence-electron chi connectivity index (χ2n) is 5.05. The summed E-state index contributed by atoms with van der Waals surface area (Å²) in [7, 11) is 0. The van der Waals surface area contributed by atoms with Crippen molar-refractivity contribution in [2.24, 2.45) is 0 Å². The number of hydrogen-bond donors (Lipinski definition) is 2. The van der Waals surface area contributed by atoms with Gasteiger partial charge in [-0.05, 0) is 52.9 Å². The molecule has 0 bridgehead atoms. The molecule has 0 saturated carbocycles. The van der Waals surface area contributed by atoms with Crippen LogP contribution in [0.2, 0.25) is 0 Å². The summed E-state index contributed by atoms with van der Waals surface area (Å²) < 4.78 is 2.49. The second kappa shape index (κ2) is 6.89. The molecule has 126 valence electrons. The first-order valence-corrected chi connectivity index (χ1v) is 8.10. The summed E-state index contributed by atoms with van der Waals surface area (Å²) in [6.07, 6.45) is 4.45. The van der Waals surface area contributed by atoms with Crippen LogP contribution < -0.4 is 5.32 Å². The second-order valence-corrected chi connectivity index (χ2v) is 6.30. The van der Waals surface area contributed by atoms with E-state index in [1.807, 2.05) is 12.1 Å². The molecule has 3 aromatic rings. The van der Waals surface area contributed by atoms with Crippen molar-refractivity contribution in [1.29, 1.82) is 0 Å². The number of anilines is 2. The van der Waals surface area contributed by atoms with Crippen LogP contribution in [0.3, 0.4) is 0 Å². The summed E-state index contributed by atoms with van der Waals surface area (Å²) in [4.78, 5) is 26.2. The Labute approximate surface area is 155 Å². The molecule has 0 aliphatic rings. The van der Waals surface area contributed by atoms with E-state index in [1.54, 1.807) is 18.3 Å². The van der Waals surface area contributed by atoms with Crippen LogP contribution in [-0.2, 0) is 0 Å². The maximum Gasteiger partial charge on any atom is 0.338 e. The number of nitrogens with zero attached hydrogens (tertiary/aromatic N) is 3. The molecule has 2 N–H and O–H groups in total. The number of nitro benzene ring substituents is 1. The normalized spacial score (nSPS) is 10.4. The Morgan fingerprint density at radius 2 is 2.00 bits per heavy atom. The fraction of sp³-hybridized carbons (Fsp3) is 0. The summed E-state index contributed by atoms with van der Waals surface area (Å²) in [5, 5.41) is 23.8. The van der Waals surface area contributed by atoms with Crippen molar-refractivity contribution in [1.82, 2.24) is 9.55 Å². The van der Waals surface area contributed by atoms with Crippen LogP contribution in [0.15, 0.2) is 55.1 Å². The molecule has 1 aromatic heterocycles. The number of aromatic carboxylic acids is 1. The number of aromatic nitrogens is 2. The van der Waals surface area contributed by atoms with E-state index in [-0.39, 0.29) is 22.6 Å². The number of nitrogens with one attached hydrogen (secondary N) is 1. The van der Waals surface area contributed by atoms with Gasteiger partial charge in [0.05, 0.1) is 22.5 Å². The molecule has 0 saturated heterocycles. The number of benzene rings is 2. The predicted molar refractivity (Wildman–Crippen MR) is 99.6 cm³/mol. The third-order valence-corrected chi connectivity index (χ3v) is 4.17. The highest BCUT2D eigenvalue weighted by Crippen LogP contribution is 2.32. The van der Waals surface area contributed by atoms with E-state index in [9.17, 15) is 20.0 Å². The van der Waals surface area contributed by atoms with E-state index in [4.69, 9.17) is 0 Å². The third-order valence-electron chi connectivity index (χ3n) is 3.45. The highest BCUT2D eigenvalue weighted by Gasteiger charge is 2.22. The van der Waals surface area contributed by atoms with Crippen LogP contribution >= 0.6 is 22.6 Å². The molecule has 0 atom stereocenters. The zero-order chi connectivity index (χ0) is 18.0. The third kappa shape index (κ3) is 3.60. The average molecular weight is 450 g/mol. The topological polar surface area (TPSA) is 110 Å². The molecule has 0 aliphatic carbocycles. The van der Waals surface area contributed by atoms with Gasteiger partial charge in [-0.25, -0.2) is 9.78 Å². The van der Waals surface area contributed by atoms with Crippen molar-refractivity contribution in [2.75, 3.05) is 5.32 Å². The summed E-state index contributed by atoms with van der Waals surface area (Å²) in [5.41, 5.74) is 0.648. The molecule has 0 spiro atoms. The average Bonchev–Trinajstić information content (AvgIpc) is 3.10. The Morgan fingerprint density at radius 3 is 2.56 bits per heavy atom. The van der Waals surface area contributed by atoms with Crippen molar-refractivity contribution in [3.8, 4) is 5.69 Å². The number of carboxylic acid groups (broad SMARTS) is 1. The van der Waals surface area contributed by atoms with E-state index in [2.05, 4.69) is 32.9 Å². The van der Waals surface area contributed by atoms with Crippen molar-refractivity contribution in [3.63, 3.8) is 0 Å². The maximum absolute atomic E-state index is 11.6. The first-order valence-electron chi connectivity index (χ1n) is 7.02. The van der Waals surface area contributed by atoms with E-state index in [0.29, 0.717) is 5.69 Å². The molecule has 0 aliphatic heterocycles. The standard InChI is InChI=1S/C16H11IN4O4/c17-10-1-3-11(4-2-10)19-13-8-14(20-6-5-18-9-20)15(21(24)25)7-12(13)16(22)23/h1-9,19H,(H,22,23). The minimum absolute atomic E-state index is 0.186. The monoisotopic (exact) mass is 450 g/mol. The maximum atomic E-state index is 11.6. The largest absolute Gasteiger partial charge is 0.478 e. The van der Waals surface area contributed by atoms with Gasteiger partial charge in [-0.3, -0.25) is 10.1 Å². The molecular weight excluding hydrogens is 439 g/mol. The van der Waals surface area contributed by atoms with Crippen LogP contribution in [-0.4, -0.2) is 25.6 Å². The minimum atomic E-state index is -1.26. The number of rotatable bonds is 5. The van der Waals surface area contributed by atoms with Crippen LogP contribution in [0.1, 0.15) is 10.4 Å². The highest BCUT2D eigenvalue weighted by atomic mass is 127. The fourth-order valence-corrected chi connectivity index (χ4v) is 2.66. The van der Waals surface area contributed by atoms with Gasteiger partial charge in [-0.15, -0.1) is 0 Å². The Hall–Kier alpha value is -2.95. The lowest BCUT2D eigenvalue weighted by Crippen LogP contribution is -2.07. The summed E-state index contributed by atoms with van der Waals surface area (Å²) in [6.45, 7) is 0. The fourth-order valence-electron chi connectivity index (χ4n) is 2.30. The van der Waals surface area contributed by atoms with Crippen molar-refractivity contribution in [2.45, 2.75) is 0 Å². The smallest absolute Gasteiger partial charge is 0.338 e. The molecule has 0 amide bonds. The minimum Gasteiger partial charge on any atom is -0.478 e. The van der Waals surface area contributed by atoms with Crippen molar-refractivity contribution < 1.29 is 14.8 Å². The number of carboxylic acids is 1. The highest BCUT2D eigenvalue weighted by molar-refractivity contribution is 14.1. The molecule has 1 heterocycles. The first-order chi connectivity index (χ1) is 12.0. The SMILES string of the molecule is O=C(O)c1cc([N+](=O)[O-])c(-n2ccnc2)cc1Nc1ccc(I)cc1. The van der Waals surface area contributed by atoms with Gasteiger partial charge in [0.2, 0.25) is 0 Å². The van der Waals surface area contributed by atoms with Crippen LogP contribution in [0.25, 0.3) is 5.69 Å². The molecular formula is C16H11IN4O4. The molecule has 2 aromatic carbocycles. The van der Waals surface area contributed by atoms with Crippen LogP contribution in [0.5, 0.6) is 0 Å². The number of hydrogen-bond acceptors (Lipinski definition) is 5. The summed E-state index contributed by atoms with van der Waals surface area (Å²) >= 11 is 2.16. The van der Waals surface area contributed by atoms with Crippen LogP contribution in [0, 0.1) is 13.7 Å². The van der Waals surface area contributed by atoms with E-state index in [1.165, 1.54) is 23.2 Å². The van der Waals surface area contributed by atoms with Crippen LogP contribution in [0.4, 0.5) is 17.1 Å². The molecule has 0 fully saturated rings. The van der Waals surface area contributed by atoms with Gasteiger partial charge in [0.15, 0.2) is 0 Å². The molecule has 25 heavy (non-hydrogen) atoms. The zero-order valence-corrected chi connectivity index (χ0v) is 14.7. The van der Waals surface area contributed by atoms with E-state index >= 15 is 0 Å². The van der Waals surface area contributed by atoms with Crippen molar-refractivity contribution >= 4 is 45.6 Å². The quantitative estimate of drug-likeness (QED) is 0.348. The lowest BCUT2D eigenvalue weighted by Gasteiger charge is -2.13. The number of carbonyl (C=O) groups is 1. The molecule has 9 heteroatoms. The van der Waals surface area contributed by atoms with Gasteiger partial charge in [0.25, 0.3) is 5.69 Å². The Morgan fingerprint density at radius 1 is 1.28 bits per heavy atom. The zero-order valence-electron chi connectivity index (χ0n) is 12.6. The Balaban J connectivity index is 2.15. The summed E-state index contributed by atoms with van der Waals surface area (Å²) in [5.74, 6) is -1.26. The van der Waals surface area contributed by atoms with E-state index < -0.39 is 10.9 Å². The number of imidazole rings is 1. The molecule has 0 unspecified atom stereocenters. The predicted octanol–water partition coefficient (Wildman–Crippen LogP) is 3.83. The van der Waals surface area contributed by atoms with Gasteiger partial charge < -0.3 is 15.0 Å². The Bertz CT molecular complexity index is 940. The molecule has 0 radical (unpaired) electrons. The van der Waals surface area contributed by atoms with Crippen molar-refractivity contribution in [3.05, 3.63) is 74.4 Å². The summed E-state index contributed by atoms with van der Waals surface area (Å²) in [6, 6.07) is 9.81. The van der Waals surface area contributed by atoms with Gasteiger partial charge in [-0.1, -0.05) is 0 Å². The number of halogens is 1. The van der Waals surface area contributed by atoms with Gasteiger partial charge in [0.1, 0.15) is 5.69 Å². The van der Waals surface area contributed by atoms with Gasteiger partial charge in [0, 0.05) is 27.7 Å². The van der Waals surface area contributed by atoms with E-state index in [0.717, 1.165) is 9.64 Å². The first kappa shape index (κ1) is 16.9. The molecule has 8 nitrogen and oxygen atoms in total.